The highest BCUT2D eigenvalue weighted by atomic mass is 32.1. The number of carbonyl (C=O) groups excluding carboxylic acids is 2. The minimum Gasteiger partial charge on any atom is -0.339 e. The Hall–Kier alpha value is -2.29. The molecule has 2 aromatic rings. The van der Waals surface area contributed by atoms with Gasteiger partial charge < -0.3 is 14.7 Å². The summed E-state index contributed by atoms with van der Waals surface area (Å²) in [7, 11) is 0. The summed E-state index contributed by atoms with van der Waals surface area (Å²) in [6.07, 6.45) is 2.87. The smallest absolute Gasteiger partial charge is 0.295 e. The van der Waals surface area contributed by atoms with Crippen molar-refractivity contribution in [3.05, 3.63) is 23.3 Å². The third kappa shape index (κ3) is 3.14. The molecule has 0 spiro atoms. The van der Waals surface area contributed by atoms with Gasteiger partial charge in [-0.15, -0.1) is 11.3 Å². The maximum absolute atomic E-state index is 12.2. The summed E-state index contributed by atoms with van der Waals surface area (Å²) in [5, 5.41) is 8.84. The van der Waals surface area contributed by atoms with Gasteiger partial charge in [-0.05, 0) is 12.8 Å². The highest BCUT2D eigenvalue weighted by molar-refractivity contribution is 7.13. The van der Waals surface area contributed by atoms with E-state index >= 15 is 0 Å². The van der Waals surface area contributed by atoms with Crippen molar-refractivity contribution in [3.63, 3.8) is 0 Å². The number of hydrogen-bond donors (Lipinski definition) is 1. The predicted molar refractivity (Wildman–Crippen MR) is 78.4 cm³/mol. The predicted octanol–water partition coefficient (Wildman–Crippen LogP) is 1.33. The van der Waals surface area contributed by atoms with E-state index in [1.54, 1.807) is 18.0 Å². The Morgan fingerprint density at radius 1 is 1.41 bits per heavy atom. The van der Waals surface area contributed by atoms with Crippen LogP contribution in [0, 0.1) is 12.8 Å². The molecule has 3 rings (SSSR count). The van der Waals surface area contributed by atoms with Crippen LogP contribution in [-0.2, 0) is 4.79 Å². The number of rotatable bonds is 3. The fourth-order valence-electron chi connectivity index (χ4n) is 2.36. The Bertz CT molecular complexity index is 661. The van der Waals surface area contributed by atoms with E-state index in [4.69, 9.17) is 4.52 Å². The Kier molecular flexibility index (Phi) is 4.14. The number of carbonyl (C=O) groups is 2. The maximum Gasteiger partial charge on any atom is 0.295 e. The van der Waals surface area contributed by atoms with E-state index in [9.17, 15) is 9.59 Å². The van der Waals surface area contributed by atoms with Crippen molar-refractivity contribution in [1.82, 2.24) is 20.0 Å². The zero-order valence-electron chi connectivity index (χ0n) is 12.0. The van der Waals surface area contributed by atoms with Crippen LogP contribution in [0.25, 0.3) is 0 Å². The van der Waals surface area contributed by atoms with Crippen molar-refractivity contribution in [3.8, 4) is 0 Å². The van der Waals surface area contributed by atoms with Crippen LogP contribution >= 0.6 is 11.3 Å². The molecular weight excluding hydrogens is 306 g/mol. The summed E-state index contributed by atoms with van der Waals surface area (Å²) >= 11 is 1.39. The molecular formula is C13H15N5O3S. The first-order chi connectivity index (χ1) is 10.6. The molecule has 1 saturated heterocycles. The first-order valence-electron chi connectivity index (χ1n) is 6.93. The highest BCUT2D eigenvalue weighted by Gasteiger charge is 2.29. The van der Waals surface area contributed by atoms with Crippen molar-refractivity contribution >= 4 is 28.3 Å². The van der Waals surface area contributed by atoms with Gasteiger partial charge in [0.2, 0.25) is 11.8 Å². The van der Waals surface area contributed by atoms with Gasteiger partial charge in [-0.1, -0.05) is 5.16 Å². The third-order valence-corrected chi connectivity index (χ3v) is 4.22. The van der Waals surface area contributed by atoms with Gasteiger partial charge in [0, 0.05) is 37.5 Å². The van der Waals surface area contributed by atoms with E-state index in [1.165, 1.54) is 11.3 Å². The molecule has 0 aromatic carbocycles. The van der Waals surface area contributed by atoms with Gasteiger partial charge in [0.25, 0.3) is 11.7 Å². The number of nitrogens with one attached hydrogen (secondary N) is 1. The second-order valence-electron chi connectivity index (χ2n) is 5.03. The minimum absolute atomic E-state index is 0.0440. The zero-order chi connectivity index (χ0) is 15.5. The average molecular weight is 321 g/mol. The number of nitrogens with zero attached hydrogens (tertiary/aromatic N) is 4. The van der Waals surface area contributed by atoms with Gasteiger partial charge in [0.05, 0.1) is 0 Å². The number of likely N-dealkylation sites (tertiary alicyclic amines) is 1. The molecule has 2 aromatic heterocycles. The Morgan fingerprint density at radius 3 is 2.77 bits per heavy atom. The lowest BCUT2D eigenvalue weighted by Gasteiger charge is -2.30. The summed E-state index contributed by atoms with van der Waals surface area (Å²) in [6.45, 7) is 2.64. The lowest BCUT2D eigenvalue weighted by molar-refractivity contribution is -0.121. The summed E-state index contributed by atoms with van der Waals surface area (Å²) in [5.74, 6) is 0.0253. The highest BCUT2D eigenvalue weighted by Crippen LogP contribution is 2.21. The monoisotopic (exact) mass is 321 g/mol. The van der Waals surface area contributed by atoms with Crippen LogP contribution in [0.3, 0.4) is 0 Å². The molecule has 0 aliphatic carbocycles. The molecule has 3 heterocycles. The van der Waals surface area contributed by atoms with E-state index in [0.29, 0.717) is 37.0 Å². The molecule has 1 aliphatic rings. The summed E-state index contributed by atoms with van der Waals surface area (Å²) < 4.78 is 4.82. The van der Waals surface area contributed by atoms with Crippen LogP contribution < -0.4 is 5.32 Å². The lowest BCUT2D eigenvalue weighted by atomic mass is 9.96. The minimum atomic E-state index is -0.254. The third-order valence-electron chi connectivity index (χ3n) is 3.53. The second kappa shape index (κ2) is 6.22. The van der Waals surface area contributed by atoms with Crippen LogP contribution in [0.1, 0.15) is 29.4 Å². The van der Waals surface area contributed by atoms with Gasteiger partial charge in [-0.2, -0.15) is 4.98 Å². The molecule has 0 saturated carbocycles. The second-order valence-corrected chi connectivity index (χ2v) is 5.92. The summed E-state index contributed by atoms with van der Waals surface area (Å²) in [4.78, 5) is 33.9. The van der Waals surface area contributed by atoms with E-state index in [0.717, 1.165) is 0 Å². The van der Waals surface area contributed by atoms with Gasteiger partial charge in [-0.25, -0.2) is 4.98 Å². The Labute approximate surface area is 130 Å². The maximum atomic E-state index is 12.2. The Balaban J connectivity index is 1.54. The van der Waals surface area contributed by atoms with Crippen LogP contribution in [-0.4, -0.2) is 44.9 Å². The standard InChI is InChI=1S/C13H15N5O3S/c1-8-15-10(17-21-8)12(20)18-5-2-9(3-6-18)11(19)16-13-14-4-7-22-13/h4,7,9H,2-3,5-6H2,1H3,(H,14,16,19). The molecule has 22 heavy (non-hydrogen) atoms. The van der Waals surface area contributed by atoms with Crippen molar-refractivity contribution < 1.29 is 14.1 Å². The molecule has 8 nitrogen and oxygen atoms in total. The van der Waals surface area contributed by atoms with E-state index in [2.05, 4.69) is 20.4 Å². The summed E-state index contributed by atoms with van der Waals surface area (Å²) in [5.41, 5.74) is 0. The molecule has 0 unspecified atom stereocenters. The van der Waals surface area contributed by atoms with Crippen molar-refractivity contribution in [2.75, 3.05) is 18.4 Å². The van der Waals surface area contributed by atoms with Crippen LogP contribution in [0.15, 0.2) is 16.1 Å². The van der Waals surface area contributed by atoms with Crippen molar-refractivity contribution in [1.29, 1.82) is 0 Å². The quantitative estimate of drug-likeness (QED) is 0.915. The molecule has 9 heteroatoms. The normalized spacial score (nSPS) is 15.8. The molecule has 116 valence electrons. The topological polar surface area (TPSA) is 101 Å². The van der Waals surface area contributed by atoms with Crippen molar-refractivity contribution in [2.24, 2.45) is 5.92 Å². The van der Waals surface area contributed by atoms with Gasteiger partial charge >= 0.3 is 0 Å². The number of amides is 2. The first-order valence-corrected chi connectivity index (χ1v) is 7.81. The molecule has 1 aliphatic heterocycles. The van der Waals surface area contributed by atoms with Gasteiger partial charge in [0.1, 0.15) is 0 Å². The van der Waals surface area contributed by atoms with Crippen LogP contribution in [0.4, 0.5) is 5.13 Å². The summed E-state index contributed by atoms with van der Waals surface area (Å²) in [6, 6.07) is 0. The number of anilines is 1. The van der Waals surface area contributed by atoms with E-state index in [1.807, 2.05) is 5.38 Å². The molecule has 0 bridgehead atoms. The number of aryl methyl sites for hydroxylation is 1. The van der Waals surface area contributed by atoms with Gasteiger partial charge in [0.15, 0.2) is 5.13 Å². The van der Waals surface area contributed by atoms with Gasteiger partial charge in [-0.3, -0.25) is 9.59 Å². The van der Waals surface area contributed by atoms with Crippen molar-refractivity contribution in [2.45, 2.75) is 19.8 Å². The molecule has 1 fully saturated rings. The number of hydrogen-bond acceptors (Lipinski definition) is 7. The molecule has 2 amide bonds. The van der Waals surface area contributed by atoms with E-state index < -0.39 is 0 Å². The fraction of sp³-hybridized carbons (Fsp3) is 0.462. The van der Waals surface area contributed by atoms with Crippen LogP contribution in [0.2, 0.25) is 0 Å². The van der Waals surface area contributed by atoms with Crippen LogP contribution in [0.5, 0.6) is 0 Å². The number of aromatic nitrogens is 3. The largest absolute Gasteiger partial charge is 0.339 e. The zero-order valence-corrected chi connectivity index (χ0v) is 12.8. The SMILES string of the molecule is Cc1nc(C(=O)N2CCC(C(=O)Nc3nccs3)CC2)no1. The average Bonchev–Trinajstić information content (AvgIpc) is 3.18. The number of piperidine rings is 1. The Morgan fingerprint density at radius 2 is 2.18 bits per heavy atom. The lowest BCUT2D eigenvalue weighted by Crippen LogP contribution is -2.41. The molecule has 1 N–H and O–H groups in total. The molecule has 0 radical (unpaired) electrons. The first kappa shape index (κ1) is 14.6. The fourth-order valence-corrected chi connectivity index (χ4v) is 2.90. The number of thiazole rings is 1. The van der Waals surface area contributed by atoms with E-state index in [-0.39, 0.29) is 23.6 Å². The molecule has 0 atom stereocenters.